The van der Waals surface area contributed by atoms with Gasteiger partial charge in [0.25, 0.3) is 0 Å². The number of hydrogen-bond donors (Lipinski definition) is 0. The molecule has 16 rings (SSSR count). The van der Waals surface area contributed by atoms with Gasteiger partial charge in [0, 0.05) is 83.1 Å². The zero-order valence-electron chi connectivity index (χ0n) is 52.6. The number of rotatable bonds is 13. The first kappa shape index (κ1) is 70.4. The van der Waals surface area contributed by atoms with Crippen molar-refractivity contribution in [3.8, 4) is 136 Å². The van der Waals surface area contributed by atoms with Crippen molar-refractivity contribution in [1.29, 1.82) is 0 Å². The molecule has 0 radical (unpaired) electrons. The number of halogens is 12. The Balaban J connectivity index is 0.00000856. The summed E-state index contributed by atoms with van der Waals surface area (Å²) in [5, 5.41) is -1.57. The SMILES string of the molecule is COc1cccc(OC)c1Oc1c(Cl)c(Cl)c2c3nc4nc(nc5[n-]c(nc6nc(nc([n-]3)c2c1Cl)-c1c(Cl)c(Oc2ccccc2-c2ccccc2)c(Cl)c(Cl)c1-6)c1c(Cl)c(Oc2ccccc2-c2ccccc2)c(Cl)c(Cl)c51)-c1c(Cl)c(Oc2ccccc2-c2ccccc2)c(Cl)c(Cl)c1-4.[Zn+2]. The Morgan fingerprint density at radius 2 is 0.505 bits per heavy atom. The van der Waals surface area contributed by atoms with E-state index in [9.17, 15) is 0 Å². The number of methoxy groups -OCH3 is 2. The van der Waals surface area contributed by atoms with E-state index in [4.69, 9.17) is 208 Å². The fraction of sp³-hybridized carbons (Fsp3) is 0.0263. The number of ether oxygens (including phenoxy) is 6. The van der Waals surface area contributed by atoms with Gasteiger partial charge in [-0.05, 0) is 47.0 Å². The van der Waals surface area contributed by atoms with Gasteiger partial charge in [0.15, 0.2) is 34.5 Å². The topological polar surface area (TPSA) is 161 Å². The third-order valence-corrected chi connectivity index (χ3v) is 21.5. The summed E-state index contributed by atoms with van der Waals surface area (Å²) >= 11 is 90.7. The summed E-state index contributed by atoms with van der Waals surface area (Å²) in [6, 6.07) is 55.6. The van der Waals surface area contributed by atoms with Crippen LogP contribution in [0.1, 0.15) is 0 Å². The Labute approximate surface area is 657 Å². The summed E-state index contributed by atoms with van der Waals surface area (Å²) in [5.74, 6) is 0.549. The minimum Gasteiger partial charge on any atom is -0.493 e. The van der Waals surface area contributed by atoms with Crippen LogP contribution in [0.2, 0.25) is 60.3 Å². The monoisotopic (exact) mass is 1640 g/mol. The van der Waals surface area contributed by atoms with E-state index in [1.165, 1.54) is 14.2 Å². The van der Waals surface area contributed by atoms with E-state index < -0.39 is 0 Å². The second-order valence-corrected chi connectivity index (χ2v) is 27.1. The summed E-state index contributed by atoms with van der Waals surface area (Å²) in [5.41, 5.74) is 4.05. The molecule has 27 heteroatoms. The molecular formula is C76H36Cl12N8O6Zn. The van der Waals surface area contributed by atoms with Crippen LogP contribution in [0.25, 0.3) is 123 Å². The molecule has 11 aromatic carbocycles. The molecule has 2 aliphatic heterocycles. The molecule has 0 fully saturated rings. The summed E-state index contributed by atoms with van der Waals surface area (Å²) in [6.45, 7) is 0. The Bertz CT molecular complexity index is 6040. The van der Waals surface area contributed by atoms with Crippen LogP contribution in [-0.4, -0.2) is 44.1 Å². The molecule has 0 amide bonds. The van der Waals surface area contributed by atoms with Crippen LogP contribution in [0.15, 0.2) is 182 Å². The predicted octanol–water partition coefficient (Wildman–Crippen LogP) is 26.2. The van der Waals surface area contributed by atoms with Crippen molar-refractivity contribution in [2.24, 2.45) is 0 Å². The summed E-state index contributed by atoms with van der Waals surface area (Å²) in [6.07, 6.45) is 0. The van der Waals surface area contributed by atoms with Gasteiger partial charge in [-0.2, -0.15) is 0 Å². The third-order valence-electron chi connectivity index (χ3n) is 16.7. The van der Waals surface area contributed by atoms with E-state index in [1.807, 2.05) is 127 Å². The van der Waals surface area contributed by atoms with Crippen LogP contribution < -0.4 is 38.4 Å². The normalized spacial score (nSPS) is 11.5. The van der Waals surface area contributed by atoms with Gasteiger partial charge in [-0.1, -0.05) is 291 Å². The fourth-order valence-electron chi connectivity index (χ4n) is 12.1. The van der Waals surface area contributed by atoms with Crippen molar-refractivity contribution in [1.82, 2.24) is 39.9 Å². The molecule has 3 aromatic heterocycles. The van der Waals surface area contributed by atoms with E-state index >= 15 is 0 Å². The number of para-hydroxylation sites is 4. The number of hydrogen-bond acceptors (Lipinski definition) is 12. The second kappa shape index (κ2) is 28.6. The quantitative estimate of drug-likeness (QED) is 0.0792. The van der Waals surface area contributed by atoms with E-state index in [2.05, 4.69) is 0 Å². The van der Waals surface area contributed by atoms with Gasteiger partial charge in [0.1, 0.15) is 37.3 Å². The van der Waals surface area contributed by atoms with Crippen molar-refractivity contribution in [2.45, 2.75) is 0 Å². The molecule has 0 saturated heterocycles. The Morgan fingerprint density at radius 3 is 0.835 bits per heavy atom. The van der Waals surface area contributed by atoms with Gasteiger partial charge in [0.2, 0.25) is 5.75 Å². The first-order valence-corrected chi connectivity index (χ1v) is 34.9. The molecule has 5 heterocycles. The molecule has 2 aliphatic rings. The van der Waals surface area contributed by atoms with Crippen LogP contribution in [0.3, 0.4) is 0 Å². The molecule has 0 aliphatic carbocycles. The summed E-state index contributed by atoms with van der Waals surface area (Å²) in [4.78, 5) is 41.1. The largest absolute Gasteiger partial charge is 2.00 e. The Kier molecular flexibility index (Phi) is 19.5. The molecule has 0 N–H and O–H groups in total. The minimum absolute atomic E-state index is 0. The first-order chi connectivity index (χ1) is 49.5. The van der Waals surface area contributed by atoms with Crippen LogP contribution >= 0.6 is 139 Å². The van der Waals surface area contributed by atoms with Gasteiger partial charge >= 0.3 is 19.5 Å². The van der Waals surface area contributed by atoms with Crippen LogP contribution in [0.5, 0.6) is 57.5 Å². The van der Waals surface area contributed by atoms with Gasteiger partial charge in [0.05, 0.1) is 77.7 Å². The maximum Gasteiger partial charge on any atom is 2.00 e. The van der Waals surface area contributed by atoms with Crippen LogP contribution in [0.4, 0.5) is 0 Å². The van der Waals surface area contributed by atoms with Gasteiger partial charge < -0.3 is 58.3 Å². The number of nitrogens with zero attached hydrogens (tertiary/aromatic N) is 8. The fourth-order valence-corrected chi connectivity index (χ4v) is 15.5. The molecule has 502 valence electrons. The molecule has 0 saturated carbocycles. The first-order valence-electron chi connectivity index (χ1n) is 30.4. The molecule has 0 unspecified atom stereocenters. The van der Waals surface area contributed by atoms with E-state index in [0.717, 1.165) is 16.7 Å². The van der Waals surface area contributed by atoms with Crippen LogP contribution in [0, 0.1) is 0 Å². The zero-order chi connectivity index (χ0) is 70.5. The molecule has 103 heavy (non-hydrogen) atoms. The summed E-state index contributed by atoms with van der Waals surface area (Å²) < 4.78 is 38.3. The predicted molar refractivity (Wildman–Crippen MR) is 410 cm³/mol. The van der Waals surface area contributed by atoms with E-state index in [-0.39, 0.29) is 210 Å². The van der Waals surface area contributed by atoms with Crippen molar-refractivity contribution >= 4 is 183 Å². The third kappa shape index (κ3) is 12.1. The van der Waals surface area contributed by atoms with Crippen LogP contribution in [-0.2, 0) is 19.5 Å². The zero-order valence-corrected chi connectivity index (χ0v) is 64.6. The number of aromatic nitrogens is 8. The second-order valence-electron chi connectivity index (χ2n) is 22.6. The molecule has 8 bridgehead atoms. The van der Waals surface area contributed by atoms with Gasteiger partial charge in [-0.15, -0.1) is 0 Å². The molecule has 0 atom stereocenters. The van der Waals surface area contributed by atoms with Crippen molar-refractivity contribution in [3.05, 3.63) is 242 Å². The van der Waals surface area contributed by atoms with E-state index in [1.54, 1.807) is 54.6 Å². The van der Waals surface area contributed by atoms with E-state index in [0.29, 0.717) is 33.9 Å². The maximum atomic E-state index is 7.73. The molecule has 0 spiro atoms. The molecule has 14 nitrogen and oxygen atoms in total. The minimum atomic E-state index is -0.200. The average Bonchev–Trinajstić information content (AvgIpc) is 1.58. The molecule has 14 aromatic rings. The van der Waals surface area contributed by atoms with Gasteiger partial charge in [-0.3, -0.25) is 0 Å². The maximum absolute atomic E-state index is 7.73. The van der Waals surface area contributed by atoms with Crippen molar-refractivity contribution in [3.63, 3.8) is 0 Å². The average molecular weight is 1650 g/mol. The molecular weight excluding hydrogens is 1610 g/mol. The number of fused-ring (bicyclic) bond motifs is 20. The van der Waals surface area contributed by atoms with Gasteiger partial charge in [-0.25, -0.2) is 9.97 Å². The Morgan fingerprint density at radius 1 is 0.243 bits per heavy atom. The standard InChI is InChI=1S/C76H36Cl12N8O6.Zn/c1-97-42-31-18-32-43(98-2)64(42)102-68-59(84)51-47(55(80)63(68)88)70-89-69-44-48(56(81)65(60(85)52(44)77)99-39-28-15-12-25-36(39)33-19-6-3-7-20-33)73(90-69)92-71-45-49(57(82)66(61(86)53(45)78)100-40-29-16-13-26-37(40)34-21-8-4-9-22-34)74(93-71)94-72-46-50(75(95-72)96-76(51)91-70)58(83)67(62(87)54(46)79)101-41-30-17-14-27-38(41)35-23-10-5-11-24-35;/h3-32H,1-2H3;/q-2;+2. The number of benzene rings is 11. The van der Waals surface area contributed by atoms with Crippen molar-refractivity contribution in [2.75, 3.05) is 14.2 Å². The van der Waals surface area contributed by atoms with Crippen molar-refractivity contribution < 1.29 is 47.9 Å². The summed E-state index contributed by atoms with van der Waals surface area (Å²) in [7, 11) is 2.90. The Hall–Kier alpha value is -8.32. The smallest absolute Gasteiger partial charge is 0.493 e.